The average Bonchev–Trinajstić information content (AvgIpc) is 2.70. The fraction of sp³-hybridized carbons (Fsp3) is 0.333. The highest BCUT2D eigenvalue weighted by atomic mass is 16.1. The second kappa shape index (κ2) is 10.9. The van der Waals surface area contributed by atoms with Crippen molar-refractivity contribution in [2.45, 2.75) is 19.3 Å². The molecule has 0 heterocycles. The number of aliphatic imine (C=N–C) groups is 1. The molecule has 2 aromatic rings. The van der Waals surface area contributed by atoms with Crippen LogP contribution in [0.5, 0.6) is 0 Å². The quantitative estimate of drug-likeness (QED) is 0.505. The summed E-state index contributed by atoms with van der Waals surface area (Å²) in [6.07, 6.45) is 0.925. The van der Waals surface area contributed by atoms with Crippen LogP contribution in [0, 0.1) is 0 Å². The Hall–Kier alpha value is -2.82. The van der Waals surface area contributed by atoms with Crippen molar-refractivity contribution >= 4 is 11.9 Å². The van der Waals surface area contributed by atoms with Crippen LogP contribution in [0.1, 0.15) is 30.4 Å². The van der Waals surface area contributed by atoms with Crippen LogP contribution in [-0.2, 0) is 4.79 Å². The lowest BCUT2D eigenvalue weighted by atomic mass is 9.91. The van der Waals surface area contributed by atoms with E-state index in [1.807, 2.05) is 19.1 Å². The SMILES string of the molecule is CCCNC(=O)CNC(=NC)NCC(c1ccccc1)c1ccccc1. The third-order valence-corrected chi connectivity index (χ3v) is 4.09. The van der Waals surface area contributed by atoms with Crippen molar-refractivity contribution in [2.24, 2.45) is 4.99 Å². The van der Waals surface area contributed by atoms with E-state index < -0.39 is 0 Å². The van der Waals surface area contributed by atoms with Crippen LogP contribution in [0.25, 0.3) is 0 Å². The molecular formula is C21H28N4O. The van der Waals surface area contributed by atoms with E-state index in [1.165, 1.54) is 11.1 Å². The molecule has 0 saturated heterocycles. The van der Waals surface area contributed by atoms with Crippen molar-refractivity contribution in [2.75, 3.05) is 26.7 Å². The molecule has 0 atom stereocenters. The lowest BCUT2D eigenvalue weighted by molar-refractivity contribution is -0.120. The average molecular weight is 352 g/mol. The van der Waals surface area contributed by atoms with E-state index in [-0.39, 0.29) is 18.4 Å². The molecule has 0 bridgehead atoms. The van der Waals surface area contributed by atoms with Crippen LogP contribution in [0.15, 0.2) is 65.7 Å². The number of benzene rings is 2. The number of carbonyl (C=O) groups excluding carboxylic acids is 1. The minimum atomic E-state index is -0.0301. The molecule has 0 aliphatic carbocycles. The molecule has 138 valence electrons. The van der Waals surface area contributed by atoms with Crippen molar-refractivity contribution in [3.8, 4) is 0 Å². The van der Waals surface area contributed by atoms with Crippen LogP contribution in [0.4, 0.5) is 0 Å². The molecule has 1 amide bonds. The standard InChI is InChI=1S/C21H28N4O/c1-3-14-23-20(26)16-25-21(22-2)24-15-19(17-10-6-4-7-11-17)18-12-8-5-9-13-18/h4-13,19H,3,14-16H2,1-2H3,(H,23,26)(H2,22,24,25). The van der Waals surface area contributed by atoms with Gasteiger partial charge < -0.3 is 16.0 Å². The van der Waals surface area contributed by atoms with Crippen LogP contribution in [0.3, 0.4) is 0 Å². The van der Waals surface area contributed by atoms with Gasteiger partial charge in [0.2, 0.25) is 5.91 Å². The van der Waals surface area contributed by atoms with Crippen LogP contribution >= 0.6 is 0 Å². The maximum atomic E-state index is 11.7. The normalized spacial score (nSPS) is 11.3. The topological polar surface area (TPSA) is 65.5 Å². The largest absolute Gasteiger partial charge is 0.355 e. The molecular weight excluding hydrogens is 324 g/mol. The van der Waals surface area contributed by atoms with E-state index in [0.29, 0.717) is 19.0 Å². The second-order valence-corrected chi connectivity index (χ2v) is 6.03. The monoisotopic (exact) mass is 352 g/mol. The Bertz CT molecular complexity index is 646. The van der Waals surface area contributed by atoms with Gasteiger partial charge in [-0.15, -0.1) is 0 Å². The maximum Gasteiger partial charge on any atom is 0.239 e. The number of guanidine groups is 1. The number of nitrogens with one attached hydrogen (secondary N) is 3. The molecule has 0 fully saturated rings. The Morgan fingerprint density at radius 3 is 2.00 bits per heavy atom. The molecule has 3 N–H and O–H groups in total. The Labute approximate surface area is 155 Å². The number of amides is 1. The molecule has 2 aromatic carbocycles. The lowest BCUT2D eigenvalue weighted by Crippen LogP contribution is -2.44. The highest BCUT2D eigenvalue weighted by Crippen LogP contribution is 2.23. The van der Waals surface area contributed by atoms with Crippen LogP contribution in [-0.4, -0.2) is 38.5 Å². The molecule has 2 rings (SSSR count). The Balaban J connectivity index is 1.99. The number of hydrogen-bond acceptors (Lipinski definition) is 2. The third-order valence-electron chi connectivity index (χ3n) is 4.09. The van der Waals surface area contributed by atoms with Gasteiger partial charge in [-0.05, 0) is 17.5 Å². The summed E-state index contributed by atoms with van der Waals surface area (Å²) >= 11 is 0. The number of rotatable bonds is 8. The molecule has 26 heavy (non-hydrogen) atoms. The van der Waals surface area contributed by atoms with Crippen LogP contribution < -0.4 is 16.0 Å². The molecule has 0 aromatic heterocycles. The minimum absolute atomic E-state index is 0.0301. The van der Waals surface area contributed by atoms with Gasteiger partial charge in [-0.3, -0.25) is 9.79 Å². The lowest BCUT2D eigenvalue weighted by Gasteiger charge is -2.20. The van der Waals surface area contributed by atoms with Gasteiger partial charge in [0.25, 0.3) is 0 Å². The Morgan fingerprint density at radius 2 is 1.50 bits per heavy atom. The van der Waals surface area contributed by atoms with Gasteiger partial charge in [0.15, 0.2) is 5.96 Å². The van der Waals surface area contributed by atoms with Crippen molar-refractivity contribution in [1.82, 2.24) is 16.0 Å². The molecule has 0 saturated carbocycles. The number of carbonyl (C=O) groups is 1. The highest BCUT2D eigenvalue weighted by Gasteiger charge is 2.14. The molecule has 5 heteroatoms. The van der Waals surface area contributed by atoms with Crippen molar-refractivity contribution < 1.29 is 4.79 Å². The molecule has 0 aliphatic rings. The molecule has 0 aliphatic heterocycles. The molecule has 0 spiro atoms. The van der Waals surface area contributed by atoms with E-state index in [1.54, 1.807) is 7.05 Å². The Kier molecular flexibility index (Phi) is 8.19. The first-order valence-corrected chi connectivity index (χ1v) is 9.05. The first kappa shape index (κ1) is 19.5. The summed E-state index contributed by atoms with van der Waals surface area (Å²) in [5, 5.41) is 9.24. The Morgan fingerprint density at radius 1 is 0.923 bits per heavy atom. The fourth-order valence-corrected chi connectivity index (χ4v) is 2.71. The predicted octanol–water partition coefficient (Wildman–Crippen LogP) is 2.51. The van der Waals surface area contributed by atoms with Gasteiger partial charge in [0, 0.05) is 26.1 Å². The van der Waals surface area contributed by atoms with Gasteiger partial charge in [-0.2, -0.15) is 0 Å². The number of nitrogens with zero attached hydrogens (tertiary/aromatic N) is 1. The first-order valence-electron chi connectivity index (χ1n) is 9.05. The fourth-order valence-electron chi connectivity index (χ4n) is 2.71. The van der Waals surface area contributed by atoms with Gasteiger partial charge in [0.1, 0.15) is 0 Å². The van der Waals surface area contributed by atoms with Crippen molar-refractivity contribution in [1.29, 1.82) is 0 Å². The van der Waals surface area contributed by atoms with Gasteiger partial charge in [-0.25, -0.2) is 0 Å². The predicted molar refractivity (Wildman–Crippen MR) is 107 cm³/mol. The van der Waals surface area contributed by atoms with Gasteiger partial charge in [0.05, 0.1) is 6.54 Å². The highest BCUT2D eigenvalue weighted by molar-refractivity contribution is 5.86. The van der Waals surface area contributed by atoms with E-state index in [9.17, 15) is 4.79 Å². The van der Waals surface area contributed by atoms with E-state index in [0.717, 1.165) is 6.42 Å². The van der Waals surface area contributed by atoms with Gasteiger partial charge >= 0.3 is 0 Å². The zero-order valence-corrected chi connectivity index (χ0v) is 15.5. The maximum absolute atomic E-state index is 11.7. The summed E-state index contributed by atoms with van der Waals surface area (Å²) in [4.78, 5) is 16.0. The number of hydrogen-bond donors (Lipinski definition) is 3. The molecule has 5 nitrogen and oxygen atoms in total. The summed E-state index contributed by atoms with van der Waals surface area (Å²) in [5.74, 6) is 0.788. The van der Waals surface area contributed by atoms with E-state index in [4.69, 9.17) is 0 Å². The van der Waals surface area contributed by atoms with Crippen LogP contribution in [0.2, 0.25) is 0 Å². The minimum Gasteiger partial charge on any atom is -0.355 e. The first-order chi connectivity index (χ1) is 12.7. The third kappa shape index (κ3) is 6.24. The summed E-state index contributed by atoms with van der Waals surface area (Å²) in [5.41, 5.74) is 2.48. The van der Waals surface area contributed by atoms with Crippen molar-refractivity contribution in [3.05, 3.63) is 71.8 Å². The zero-order chi connectivity index (χ0) is 18.6. The van der Waals surface area contributed by atoms with Crippen molar-refractivity contribution in [3.63, 3.8) is 0 Å². The van der Waals surface area contributed by atoms with E-state index in [2.05, 4.69) is 69.5 Å². The molecule has 0 radical (unpaired) electrons. The second-order valence-electron chi connectivity index (χ2n) is 6.03. The molecule has 0 unspecified atom stereocenters. The summed E-state index contributed by atoms with van der Waals surface area (Å²) in [6, 6.07) is 20.8. The van der Waals surface area contributed by atoms with E-state index >= 15 is 0 Å². The zero-order valence-electron chi connectivity index (χ0n) is 15.5. The summed E-state index contributed by atoms with van der Waals surface area (Å²) in [6.45, 7) is 3.61. The summed E-state index contributed by atoms with van der Waals surface area (Å²) in [7, 11) is 1.71. The summed E-state index contributed by atoms with van der Waals surface area (Å²) < 4.78 is 0. The smallest absolute Gasteiger partial charge is 0.239 e. The van der Waals surface area contributed by atoms with Gasteiger partial charge in [-0.1, -0.05) is 67.6 Å².